The van der Waals surface area contributed by atoms with Crippen LogP contribution in [0.15, 0.2) is 29.3 Å². The Kier molecular flexibility index (Phi) is 7.94. The Labute approximate surface area is 180 Å². The van der Waals surface area contributed by atoms with E-state index in [1.165, 1.54) is 25.7 Å². The third kappa shape index (κ3) is 5.36. The summed E-state index contributed by atoms with van der Waals surface area (Å²) in [6.45, 7) is 7.06. The van der Waals surface area contributed by atoms with Crippen molar-refractivity contribution in [3.63, 3.8) is 0 Å². The first kappa shape index (κ1) is 22.0. The highest BCUT2D eigenvalue weighted by Crippen LogP contribution is 2.47. The molecule has 2 aliphatic rings. The molecule has 27 heavy (non-hydrogen) atoms. The van der Waals surface area contributed by atoms with Crippen molar-refractivity contribution in [1.29, 1.82) is 0 Å². The lowest BCUT2D eigenvalue weighted by Gasteiger charge is -2.38. The van der Waals surface area contributed by atoms with E-state index < -0.39 is 0 Å². The third-order valence-electron chi connectivity index (χ3n) is 6.02. The lowest BCUT2D eigenvalue weighted by Crippen LogP contribution is -2.42. The minimum atomic E-state index is -0.00229. The van der Waals surface area contributed by atoms with Gasteiger partial charge in [0.1, 0.15) is 0 Å². The second-order valence-electron chi connectivity index (χ2n) is 7.91. The van der Waals surface area contributed by atoms with Gasteiger partial charge in [0.15, 0.2) is 5.96 Å². The van der Waals surface area contributed by atoms with Gasteiger partial charge in [0.05, 0.1) is 0 Å². The normalized spacial score (nSPS) is 19.2. The summed E-state index contributed by atoms with van der Waals surface area (Å²) in [6, 6.07) is 8.03. The predicted octanol–water partition coefficient (Wildman–Crippen LogP) is 3.78. The molecule has 2 N–H and O–H groups in total. The molecule has 1 saturated heterocycles. The molecule has 1 aliphatic heterocycles. The van der Waals surface area contributed by atoms with E-state index in [1.54, 1.807) is 0 Å². The molecule has 5 nitrogen and oxygen atoms in total. The fourth-order valence-electron chi connectivity index (χ4n) is 3.90. The molecule has 0 radical (unpaired) electrons. The number of amides is 1. The van der Waals surface area contributed by atoms with Crippen molar-refractivity contribution >= 4 is 35.8 Å². The summed E-state index contributed by atoms with van der Waals surface area (Å²) in [5.41, 5.74) is 2.44. The van der Waals surface area contributed by atoms with Crippen LogP contribution in [-0.4, -0.2) is 42.9 Å². The zero-order chi connectivity index (χ0) is 18.6. The zero-order valence-electron chi connectivity index (χ0n) is 16.8. The minimum Gasteiger partial charge on any atom is -0.352 e. The first-order valence-electron chi connectivity index (χ1n) is 9.91. The van der Waals surface area contributed by atoms with E-state index >= 15 is 0 Å². The molecule has 1 saturated carbocycles. The number of benzene rings is 1. The molecule has 150 valence electrons. The van der Waals surface area contributed by atoms with Gasteiger partial charge in [-0.3, -0.25) is 9.79 Å². The van der Waals surface area contributed by atoms with Crippen LogP contribution in [0.3, 0.4) is 0 Å². The summed E-state index contributed by atoms with van der Waals surface area (Å²) in [5, 5.41) is 6.48. The van der Waals surface area contributed by atoms with Crippen LogP contribution in [0.1, 0.15) is 61.9 Å². The Balaban J connectivity index is 0.00000261. The van der Waals surface area contributed by atoms with Crippen LogP contribution in [0, 0.1) is 5.41 Å². The smallest absolute Gasteiger partial charge is 0.251 e. The van der Waals surface area contributed by atoms with Gasteiger partial charge in [0.25, 0.3) is 5.91 Å². The van der Waals surface area contributed by atoms with Crippen molar-refractivity contribution in [2.24, 2.45) is 10.4 Å². The summed E-state index contributed by atoms with van der Waals surface area (Å²) in [4.78, 5) is 19.0. The number of nitrogens with one attached hydrogen (secondary N) is 2. The number of guanidine groups is 1. The molecule has 1 aromatic carbocycles. The number of carbonyl (C=O) groups is 1. The van der Waals surface area contributed by atoms with Gasteiger partial charge in [0.2, 0.25) is 0 Å². The molecular weight excluding hydrogens is 451 g/mol. The van der Waals surface area contributed by atoms with Crippen LogP contribution in [-0.2, 0) is 6.54 Å². The molecule has 1 unspecified atom stereocenters. The Bertz CT molecular complexity index is 655. The monoisotopic (exact) mass is 484 g/mol. The molecule has 1 spiro atoms. The number of hydrogen-bond donors (Lipinski definition) is 2. The van der Waals surface area contributed by atoms with Gasteiger partial charge in [-0.1, -0.05) is 25.5 Å². The molecule has 0 aromatic heterocycles. The average Bonchev–Trinajstić information content (AvgIpc) is 3.08. The summed E-state index contributed by atoms with van der Waals surface area (Å²) in [7, 11) is 1.86. The molecule has 3 rings (SSSR count). The fraction of sp³-hybridized carbons (Fsp3) is 0.619. The highest BCUT2D eigenvalue weighted by atomic mass is 127. The van der Waals surface area contributed by atoms with Crippen LogP contribution in [0.2, 0.25) is 0 Å². The van der Waals surface area contributed by atoms with Crippen molar-refractivity contribution in [2.45, 2.75) is 58.5 Å². The van der Waals surface area contributed by atoms with Crippen molar-refractivity contribution in [1.82, 2.24) is 15.5 Å². The molecule has 6 heteroatoms. The standard InChI is InChI=1S/C21H32N4O.HI/c1-4-16(2)24-19(26)18-8-6-17(7-9-18)14-23-20(22-3)25-13-12-21(15-25)10-5-11-21;/h6-9,16H,4-5,10-15H2,1-3H3,(H,22,23)(H,24,26);1H. The van der Waals surface area contributed by atoms with E-state index in [4.69, 9.17) is 0 Å². The van der Waals surface area contributed by atoms with Crippen molar-refractivity contribution < 1.29 is 4.79 Å². The summed E-state index contributed by atoms with van der Waals surface area (Å²) >= 11 is 0. The lowest BCUT2D eigenvalue weighted by atomic mass is 9.68. The molecule has 1 aliphatic carbocycles. The van der Waals surface area contributed by atoms with Crippen molar-refractivity contribution in [3.8, 4) is 0 Å². The summed E-state index contributed by atoms with van der Waals surface area (Å²) in [6.07, 6.45) is 6.37. The number of rotatable bonds is 5. The van der Waals surface area contributed by atoms with E-state index in [-0.39, 0.29) is 35.9 Å². The predicted molar refractivity (Wildman–Crippen MR) is 122 cm³/mol. The topological polar surface area (TPSA) is 56.7 Å². The first-order chi connectivity index (χ1) is 12.5. The highest BCUT2D eigenvalue weighted by molar-refractivity contribution is 14.0. The minimum absolute atomic E-state index is 0. The zero-order valence-corrected chi connectivity index (χ0v) is 19.1. The molecular formula is C21H33IN4O. The SMILES string of the molecule is CCC(C)NC(=O)c1ccc(CNC(=NC)N2CCC3(CCC3)C2)cc1.I. The highest BCUT2D eigenvalue weighted by Gasteiger charge is 2.43. The van der Waals surface area contributed by atoms with Crippen LogP contribution in [0.5, 0.6) is 0 Å². The first-order valence-corrected chi connectivity index (χ1v) is 9.91. The van der Waals surface area contributed by atoms with Gasteiger partial charge < -0.3 is 15.5 Å². The fourth-order valence-corrected chi connectivity index (χ4v) is 3.90. The summed E-state index contributed by atoms with van der Waals surface area (Å²) in [5.74, 6) is 0.991. The van der Waals surface area contributed by atoms with Crippen LogP contribution >= 0.6 is 24.0 Å². The maximum Gasteiger partial charge on any atom is 0.251 e. The average molecular weight is 484 g/mol. The second-order valence-corrected chi connectivity index (χ2v) is 7.91. The largest absolute Gasteiger partial charge is 0.352 e. The van der Waals surface area contributed by atoms with E-state index in [0.29, 0.717) is 11.0 Å². The molecule has 0 bridgehead atoms. The molecule has 1 amide bonds. The van der Waals surface area contributed by atoms with Crippen LogP contribution in [0.25, 0.3) is 0 Å². The Hall–Kier alpha value is -1.31. The van der Waals surface area contributed by atoms with Gasteiger partial charge in [-0.2, -0.15) is 0 Å². The molecule has 2 fully saturated rings. The van der Waals surface area contributed by atoms with Gasteiger partial charge in [-0.05, 0) is 55.7 Å². The quantitative estimate of drug-likeness (QED) is 0.380. The van der Waals surface area contributed by atoms with E-state index in [1.807, 2.05) is 38.2 Å². The van der Waals surface area contributed by atoms with Gasteiger partial charge in [0, 0.05) is 38.3 Å². The van der Waals surface area contributed by atoms with E-state index in [9.17, 15) is 4.79 Å². The number of nitrogens with zero attached hydrogens (tertiary/aromatic N) is 2. The van der Waals surface area contributed by atoms with Gasteiger partial charge >= 0.3 is 0 Å². The molecule has 1 aromatic rings. The van der Waals surface area contributed by atoms with Crippen molar-refractivity contribution in [2.75, 3.05) is 20.1 Å². The Morgan fingerprint density at radius 1 is 1.26 bits per heavy atom. The molecule has 1 atom stereocenters. The Morgan fingerprint density at radius 3 is 2.48 bits per heavy atom. The number of carbonyl (C=O) groups excluding carboxylic acids is 1. The number of aliphatic imine (C=N–C) groups is 1. The second kappa shape index (κ2) is 9.75. The third-order valence-corrected chi connectivity index (χ3v) is 6.02. The van der Waals surface area contributed by atoms with Gasteiger partial charge in [-0.25, -0.2) is 0 Å². The number of likely N-dealkylation sites (tertiary alicyclic amines) is 1. The number of hydrogen-bond acceptors (Lipinski definition) is 2. The maximum atomic E-state index is 12.2. The lowest BCUT2D eigenvalue weighted by molar-refractivity contribution is 0.0939. The van der Waals surface area contributed by atoms with Crippen LogP contribution < -0.4 is 10.6 Å². The van der Waals surface area contributed by atoms with Crippen molar-refractivity contribution in [3.05, 3.63) is 35.4 Å². The Morgan fingerprint density at radius 2 is 1.96 bits per heavy atom. The van der Waals surface area contributed by atoms with E-state index in [2.05, 4.69) is 27.4 Å². The van der Waals surface area contributed by atoms with E-state index in [0.717, 1.165) is 37.6 Å². The molecule has 1 heterocycles. The van der Waals surface area contributed by atoms with Gasteiger partial charge in [-0.15, -0.1) is 24.0 Å². The maximum absolute atomic E-state index is 12.2. The summed E-state index contributed by atoms with van der Waals surface area (Å²) < 4.78 is 0. The number of halogens is 1. The van der Waals surface area contributed by atoms with Crippen LogP contribution in [0.4, 0.5) is 0 Å².